The van der Waals surface area contributed by atoms with Gasteiger partial charge in [-0.15, -0.1) is 0 Å². The van der Waals surface area contributed by atoms with E-state index in [1.165, 1.54) is 6.92 Å². The third kappa shape index (κ3) is 4.80. The largest absolute Gasteiger partial charge is 0.387 e. The number of amides is 1. The monoisotopic (exact) mass is 305 g/mol. The number of likely N-dealkylation sites (tertiary alicyclic amines) is 1. The molecule has 0 aliphatic carbocycles. The second-order valence-electron chi connectivity index (χ2n) is 6.29. The van der Waals surface area contributed by atoms with E-state index in [9.17, 15) is 9.90 Å². The van der Waals surface area contributed by atoms with Crippen LogP contribution < -0.4 is 5.32 Å². The summed E-state index contributed by atoms with van der Waals surface area (Å²) in [5, 5.41) is 13.1. The highest BCUT2D eigenvalue weighted by Gasteiger charge is 2.22. The summed E-state index contributed by atoms with van der Waals surface area (Å²) in [4.78, 5) is 15.6. The number of anilines is 1. The van der Waals surface area contributed by atoms with Crippen LogP contribution in [0.5, 0.6) is 0 Å². The molecular formula is C17H27N3O2. The Bertz CT molecular complexity index is 481. The lowest BCUT2D eigenvalue weighted by Crippen LogP contribution is -2.43. The second kappa shape index (κ2) is 7.72. The number of hydrogen-bond acceptors (Lipinski definition) is 4. The number of nitrogens with one attached hydrogen (secondary N) is 1. The van der Waals surface area contributed by atoms with Gasteiger partial charge in [0.05, 0.1) is 6.10 Å². The van der Waals surface area contributed by atoms with Gasteiger partial charge in [-0.05, 0) is 57.7 Å². The zero-order valence-corrected chi connectivity index (χ0v) is 13.7. The Morgan fingerprint density at radius 1 is 1.36 bits per heavy atom. The highest BCUT2D eigenvalue weighted by molar-refractivity contribution is 5.88. The maximum Gasteiger partial charge on any atom is 0.221 e. The molecule has 22 heavy (non-hydrogen) atoms. The van der Waals surface area contributed by atoms with Gasteiger partial charge < -0.3 is 20.2 Å². The zero-order valence-electron chi connectivity index (χ0n) is 13.7. The van der Waals surface area contributed by atoms with Crippen LogP contribution >= 0.6 is 0 Å². The average molecular weight is 305 g/mol. The first-order valence-electron chi connectivity index (χ1n) is 7.90. The molecule has 0 spiro atoms. The van der Waals surface area contributed by atoms with Crippen LogP contribution in [-0.4, -0.2) is 60.6 Å². The Hall–Kier alpha value is -1.43. The molecule has 0 aromatic heterocycles. The molecule has 2 rings (SSSR count). The van der Waals surface area contributed by atoms with Gasteiger partial charge >= 0.3 is 0 Å². The highest BCUT2D eigenvalue weighted by Crippen LogP contribution is 2.20. The maximum absolute atomic E-state index is 11.0. The molecule has 1 saturated heterocycles. The summed E-state index contributed by atoms with van der Waals surface area (Å²) < 4.78 is 0. The first kappa shape index (κ1) is 16.9. The molecule has 1 fully saturated rings. The topological polar surface area (TPSA) is 55.8 Å². The third-order valence-corrected chi connectivity index (χ3v) is 4.39. The minimum absolute atomic E-state index is 0.0877. The van der Waals surface area contributed by atoms with E-state index in [1.807, 2.05) is 24.3 Å². The van der Waals surface area contributed by atoms with Crippen molar-refractivity contribution in [2.24, 2.45) is 0 Å². The predicted molar refractivity (Wildman–Crippen MR) is 88.9 cm³/mol. The Morgan fingerprint density at radius 3 is 2.50 bits per heavy atom. The summed E-state index contributed by atoms with van der Waals surface area (Å²) in [7, 11) is 4.24. The summed E-state index contributed by atoms with van der Waals surface area (Å²) in [6, 6.07) is 7.95. The van der Waals surface area contributed by atoms with Gasteiger partial charge in [0.2, 0.25) is 5.91 Å². The highest BCUT2D eigenvalue weighted by atomic mass is 16.3. The molecular weight excluding hydrogens is 278 g/mol. The fourth-order valence-corrected chi connectivity index (χ4v) is 2.95. The normalized spacial score (nSPS) is 18.4. The van der Waals surface area contributed by atoms with Crippen molar-refractivity contribution >= 4 is 11.6 Å². The third-order valence-electron chi connectivity index (χ3n) is 4.39. The number of likely N-dealkylation sites (N-methyl/N-ethyl adjacent to an activating group) is 1. The number of carbonyl (C=O) groups is 1. The molecule has 5 heteroatoms. The van der Waals surface area contributed by atoms with Crippen molar-refractivity contribution < 1.29 is 9.90 Å². The number of hydrogen-bond donors (Lipinski definition) is 2. The van der Waals surface area contributed by atoms with Crippen molar-refractivity contribution in [1.82, 2.24) is 9.80 Å². The van der Waals surface area contributed by atoms with Gasteiger partial charge in [-0.2, -0.15) is 0 Å². The van der Waals surface area contributed by atoms with Gasteiger partial charge in [-0.1, -0.05) is 12.1 Å². The van der Waals surface area contributed by atoms with Crippen molar-refractivity contribution in [3.63, 3.8) is 0 Å². The zero-order chi connectivity index (χ0) is 16.1. The summed E-state index contributed by atoms with van der Waals surface area (Å²) >= 11 is 0. The number of benzene rings is 1. The first-order chi connectivity index (χ1) is 10.5. The van der Waals surface area contributed by atoms with Crippen LogP contribution in [0.4, 0.5) is 5.69 Å². The molecule has 1 aromatic carbocycles. The van der Waals surface area contributed by atoms with Gasteiger partial charge in [0.1, 0.15) is 0 Å². The van der Waals surface area contributed by atoms with Crippen LogP contribution in [-0.2, 0) is 4.79 Å². The first-order valence-corrected chi connectivity index (χ1v) is 7.90. The van der Waals surface area contributed by atoms with Crippen LogP contribution in [0.15, 0.2) is 24.3 Å². The molecule has 0 radical (unpaired) electrons. The Labute approximate surface area is 132 Å². The van der Waals surface area contributed by atoms with Crippen molar-refractivity contribution in [3.05, 3.63) is 29.8 Å². The predicted octanol–water partition coefficient (Wildman–Crippen LogP) is 1.70. The van der Waals surface area contributed by atoms with Gasteiger partial charge in [0.15, 0.2) is 0 Å². The van der Waals surface area contributed by atoms with Crippen LogP contribution in [0, 0.1) is 0 Å². The minimum atomic E-state index is -0.504. The second-order valence-corrected chi connectivity index (χ2v) is 6.29. The van der Waals surface area contributed by atoms with Gasteiger partial charge in [-0.25, -0.2) is 0 Å². The molecule has 1 heterocycles. The molecule has 1 aliphatic rings. The number of carbonyl (C=O) groups excluding carboxylic acids is 1. The number of nitrogens with zero attached hydrogens (tertiary/aromatic N) is 2. The van der Waals surface area contributed by atoms with E-state index >= 15 is 0 Å². The van der Waals surface area contributed by atoms with Gasteiger partial charge in [-0.3, -0.25) is 4.79 Å². The summed E-state index contributed by atoms with van der Waals surface area (Å²) in [5.41, 5.74) is 1.64. The molecule has 0 bridgehead atoms. The molecule has 5 nitrogen and oxygen atoms in total. The van der Waals surface area contributed by atoms with E-state index in [1.54, 1.807) is 0 Å². The van der Waals surface area contributed by atoms with Gasteiger partial charge in [0.25, 0.3) is 0 Å². The van der Waals surface area contributed by atoms with Crippen molar-refractivity contribution in [3.8, 4) is 0 Å². The van der Waals surface area contributed by atoms with Crippen LogP contribution in [0.25, 0.3) is 0 Å². The smallest absolute Gasteiger partial charge is 0.221 e. The van der Waals surface area contributed by atoms with Gasteiger partial charge in [0, 0.05) is 25.2 Å². The summed E-state index contributed by atoms with van der Waals surface area (Å²) in [5.74, 6) is -0.0877. The Morgan fingerprint density at radius 2 is 1.95 bits per heavy atom. The molecule has 1 atom stereocenters. The molecule has 1 unspecified atom stereocenters. The van der Waals surface area contributed by atoms with Crippen LogP contribution in [0.2, 0.25) is 0 Å². The fraction of sp³-hybridized carbons (Fsp3) is 0.588. The minimum Gasteiger partial charge on any atom is -0.387 e. The van der Waals surface area contributed by atoms with E-state index in [2.05, 4.69) is 29.2 Å². The SMILES string of the molecule is CC(=O)Nc1ccc(C(O)CN(C)C2CCN(C)CC2)cc1. The maximum atomic E-state index is 11.0. The number of aliphatic hydroxyl groups excluding tert-OH is 1. The Balaban J connectivity index is 1.88. The quantitative estimate of drug-likeness (QED) is 0.869. The van der Waals surface area contributed by atoms with Crippen molar-refractivity contribution in [2.45, 2.75) is 31.9 Å². The van der Waals surface area contributed by atoms with E-state index in [4.69, 9.17) is 0 Å². The standard InChI is InChI=1S/C17H27N3O2/c1-13(21)18-15-6-4-14(5-7-15)17(22)12-20(3)16-8-10-19(2)11-9-16/h4-7,16-17,22H,8-12H2,1-3H3,(H,18,21). The van der Waals surface area contributed by atoms with Crippen molar-refractivity contribution in [1.29, 1.82) is 0 Å². The fourth-order valence-electron chi connectivity index (χ4n) is 2.95. The number of aliphatic hydroxyl groups is 1. The lowest BCUT2D eigenvalue weighted by molar-refractivity contribution is -0.114. The summed E-state index contributed by atoms with van der Waals surface area (Å²) in [6.45, 7) is 4.36. The number of rotatable bonds is 5. The molecule has 122 valence electrons. The molecule has 2 N–H and O–H groups in total. The molecule has 0 saturated carbocycles. The lowest BCUT2D eigenvalue weighted by atomic mass is 10.0. The van der Waals surface area contributed by atoms with E-state index < -0.39 is 6.10 Å². The van der Waals surface area contributed by atoms with Crippen molar-refractivity contribution in [2.75, 3.05) is 39.0 Å². The van der Waals surface area contributed by atoms with Crippen LogP contribution in [0.3, 0.4) is 0 Å². The molecule has 1 aromatic rings. The average Bonchev–Trinajstić information content (AvgIpc) is 2.48. The van der Waals surface area contributed by atoms with Crippen LogP contribution in [0.1, 0.15) is 31.4 Å². The lowest BCUT2D eigenvalue weighted by Gasteiger charge is -2.36. The van der Waals surface area contributed by atoms with E-state index in [0.29, 0.717) is 12.6 Å². The molecule has 1 aliphatic heterocycles. The Kier molecular flexibility index (Phi) is 5.94. The van der Waals surface area contributed by atoms with E-state index in [-0.39, 0.29) is 5.91 Å². The number of piperidine rings is 1. The molecule has 1 amide bonds. The summed E-state index contributed by atoms with van der Waals surface area (Å²) in [6.07, 6.45) is 1.80. The van der Waals surface area contributed by atoms with E-state index in [0.717, 1.165) is 37.2 Å².